The number of nitrogen functional groups attached to an aromatic ring is 1. The molecular weight excluding hydrogens is 280 g/mol. The van der Waals surface area contributed by atoms with Crippen LogP contribution in [-0.4, -0.2) is 16.8 Å². The van der Waals surface area contributed by atoms with Gasteiger partial charge in [-0.2, -0.15) is 5.10 Å². The Kier molecular flexibility index (Phi) is 3.38. The summed E-state index contributed by atoms with van der Waals surface area (Å²) < 4.78 is 2.81. The first-order valence-corrected chi connectivity index (χ1v) is 6.10. The molecule has 0 spiro atoms. The van der Waals surface area contributed by atoms with Gasteiger partial charge in [-0.15, -0.1) is 0 Å². The zero-order valence-corrected chi connectivity index (χ0v) is 11.5. The number of aryl methyl sites for hydroxylation is 1. The Morgan fingerprint density at radius 3 is 2.82 bits per heavy atom. The molecule has 5 heteroatoms. The van der Waals surface area contributed by atoms with Crippen LogP contribution in [0.5, 0.6) is 0 Å². The Labute approximate surface area is 109 Å². The molecule has 2 aromatic rings. The first-order chi connectivity index (χ1) is 8.06. The van der Waals surface area contributed by atoms with Gasteiger partial charge < -0.3 is 10.6 Å². The van der Waals surface area contributed by atoms with Crippen LogP contribution in [-0.2, 0) is 13.6 Å². The van der Waals surface area contributed by atoms with Crippen LogP contribution in [0.25, 0.3) is 0 Å². The van der Waals surface area contributed by atoms with Crippen LogP contribution in [0.4, 0.5) is 11.5 Å². The van der Waals surface area contributed by atoms with Crippen LogP contribution < -0.4 is 10.6 Å². The van der Waals surface area contributed by atoms with Gasteiger partial charge in [-0.05, 0) is 17.7 Å². The standard InChI is InChI=1S/C12H15BrN4/c1-16(12-11(14)8-17(2)15-12)7-9-4-3-5-10(13)6-9/h3-6,8H,7,14H2,1-2H3. The molecule has 0 atom stereocenters. The quantitative estimate of drug-likeness (QED) is 0.946. The van der Waals surface area contributed by atoms with Gasteiger partial charge >= 0.3 is 0 Å². The minimum atomic E-state index is 0.699. The zero-order valence-electron chi connectivity index (χ0n) is 9.89. The topological polar surface area (TPSA) is 47.1 Å². The fraction of sp³-hybridized carbons (Fsp3) is 0.250. The van der Waals surface area contributed by atoms with E-state index in [1.54, 1.807) is 4.68 Å². The highest BCUT2D eigenvalue weighted by molar-refractivity contribution is 9.10. The number of nitrogens with zero attached hydrogens (tertiary/aromatic N) is 3. The van der Waals surface area contributed by atoms with Crippen molar-refractivity contribution in [2.24, 2.45) is 7.05 Å². The molecule has 0 fully saturated rings. The third-order valence-electron chi connectivity index (χ3n) is 2.51. The van der Waals surface area contributed by atoms with E-state index in [0.717, 1.165) is 16.8 Å². The van der Waals surface area contributed by atoms with Crippen molar-refractivity contribution in [2.45, 2.75) is 6.54 Å². The second-order valence-corrected chi connectivity index (χ2v) is 4.98. The maximum Gasteiger partial charge on any atom is 0.173 e. The molecule has 0 radical (unpaired) electrons. The van der Waals surface area contributed by atoms with Crippen molar-refractivity contribution in [3.05, 3.63) is 40.5 Å². The van der Waals surface area contributed by atoms with E-state index in [9.17, 15) is 0 Å². The lowest BCUT2D eigenvalue weighted by Gasteiger charge is -2.17. The molecule has 0 saturated heterocycles. The van der Waals surface area contributed by atoms with E-state index < -0.39 is 0 Å². The van der Waals surface area contributed by atoms with Crippen LogP contribution in [0.3, 0.4) is 0 Å². The highest BCUT2D eigenvalue weighted by atomic mass is 79.9. The lowest BCUT2D eigenvalue weighted by molar-refractivity contribution is 0.752. The molecule has 0 bridgehead atoms. The molecule has 4 nitrogen and oxygen atoms in total. The fourth-order valence-electron chi connectivity index (χ4n) is 1.78. The van der Waals surface area contributed by atoms with Gasteiger partial charge in [0.15, 0.2) is 5.82 Å². The normalized spacial score (nSPS) is 10.5. The van der Waals surface area contributed by atoms with Gasteiger partial charge in [0.05, 0.1) is 5.69 Å². The van der Waals surface area contributed by atoms with Gasteiger partial charge in [0.25, 0.3) is 0 Å². The van der Waals surface area contributed by atoms with Gasteiger partial charge in [0.1, 0.15) is 0 Å². The second kappa shape index (κ2) is 4.79. The number of halogens is 1. The highest BCUT2D eigenvalue weighted by Crippen LogP contribution is 2.21. The molecule has 1 heterocycles. The molecule has 1 aromatic heterocycles. The van der Waals surface area contributed by atoms with Crippen LogP contribution in [0.2, 0.25) is 0 Å². The molecule has 2 N–H and O–H groups in total. The average Bonchev–Trinajstić information content (AvgIpc) is 2.58. The van der Waals surface area contributed by atoms with E-state index >= 15 is 0 Å². The Balaban J connectivity index is 2.16. The molecule has 0 aliphatic heterocycles. The number of hydrogen-bond donors (Lipinski definition) is 1. The van der Waals surface area contributed by atoms with E-state index in [4.69, 9.17) is 5.73 Å². The Morgan fingerprint density at radius 1 is 1.47 bits per heavy atom. The van der Waals surface area contributed by atoms with Gasteiger partial charge in [-0.1, -0.05) is 28.1 Å². The highest BCUT2D eigenvalue weighted by Gasteiger charge is 2.10. The van der Waals surface area contributed by atoms with Crippen molar-refractivity contribution < 1.29 is 0 Å². The van der Waals surface area contributed by atoms with Gasteiger partial charge in [0.2, 0.25) is 0 Å². The molecule has 0 aliphatic carbocycles. The van der Waals surface area contributed by atoms with E-state index in [1.807, 2.05) is 37.3 Å². The maximum atomic E-state index is 5.89. The van der Waals surface area contributed by atoms with Crippen LogP contribution in [0.15, 0.2) is 34.9 Å². The van der Waals surface area contributed by atoms with Crippen LogP contribution in [0, 0.1) is 0 Å². The molecule has 1 aromatic carbocycles. The first-order valence-electron chi connectivity index (χ1n) is 5.31. The summed E-state index contributed by atoms with van der Waals surface area (Å²) in [5.41, 5.74) is 7.81. The number of anilines is 2. The fourth-order valence-corrected chi connectivity index (χ4v) is 2.22. The van der Waals surface area contributed by atoms with E-state index in [0.29, 0.717) is 5.69 Å². The second-order valence-electron chi connectivity index (χ2n) is 4.07. The SMILES string of the molecule is CN(Cc1cccc(Br)c1)c1nn(C)cc1N. The Bertz CT molecular complexity index is 521. The van der Waals surface area contributed by atoms with Crippen LogP contribution >= 0.6 is 15.9 Å². The van der Waals surface area contributed by atoms with Crippen molar-refractivity contribution >= 4 is 27.4 Å². The smallest absolute Gasteiger partial charge is 0.173 e. The van der Waals surface area contributed by atoms with Crippen LogP contribution in [0.1, 0.15) is 5.56 Å². The number of rotatable bonds is 3. The summed E-state index contributed by atoms with van der Waals surface area (Å²) in [6.45, 7) is 0.778. The molecule has 0 amide bonds. The summed E-state index contributed by atoms with van der Waals surface area (Å²) in [6, 6.07) is 8.21. The minimum absolute atomic E-state index is 0.699. The average molecular weight is 295 g/mol. The van der Waals surface area contributed by atoms with Crippen molar-refractivity contribution in [3.63, 3.8) is 0 Å². The first kappa shape index (κ1) is 12.0. The summed E-state index contributed by atoms with van der Waals surface area (Å²) in [7, 11) is 3.85. The van der Waals surface area contributed by atoms with Gasteiger partial charge in [-0.25, -0.2) is 0 Å². The predicted octanol–water partition coefficient (Wildman–Crippen LogP) is 2.40. The number of benzene rings is 1. The van der Waals surface area contributed by atoms with E-state index in [-0.39, 0.29) is 0 Å². The van der Waals surface area contributed by atoms with E-state index in [2.05, 4.69) is 33.2 Å². The number of hydrogen-bond acceptors (Lipinski definition) is 3. The monoisotopic (exact) mass is 294 g/mol. The molecule has 17 heavy (non-hydrogen) atoms. The summed E-state index contributed by atoms with van der Waals surface area (Å²) in [4.78, 5) is 2.04. The summed E-state index contributed by atoms with van der Waals surface area (Å²) in [6.07, 6.45) is 1.81. The molecule has 0 saturated carbocycles. The van der Waals surface area contributed by atoms with Gasteiger partial charge in [0, 0.05) is 31.3 Å². The maximum absolute atomic E-state index is 5.89. The molecule has 2 rings (SSSR count). The Hall–Kier alpha value is -1.49. The summed E-state index contributed by atoms with van der Waals surface area (Å²) in [5, 5.41) is 4.33. The lowest BCUT2D eigenvalue weighted by atomic mass is 10.2. The largest absolute Gasteiger partial charge is 0.394 e. The number of aromatic nitrogens is 2. The van der Waals surface area contributed by atoms with Crippen molar-refractivity contribution in [1.29, 1.82) is 0 Å². The van der Waals surface area contributed by atoms with Crippen molar-refractivity contribution in [3.8, 4) is 0 Å². The summed E-state index contributed by atoms with van der Waals surface area (Å²) in [5.74, 6) is 0.812. The molecule has 0 unspecified atom stereocenters. The van der Waals surface area contributed by atoms with E-state index in [1.165, 1.54) is 5.56 Å². The predicted molar refractivity (Wildman–Crippen MR) is 73.9 cm³/mol. The van der Waals surface area contributed by atoms with Gasteiger partial charge in [-0.3, -0.25) is 4.68 Å². The minimum Gasteiger partial charge on any atom is -0.394 e. The van der Waals surface area contributed by atoms with Crippen molar-refractivity contribution in [1.82, 2.24) is 9.78 Å². The molecular formula is C12H15BrN4. The number of nitrogens with two attached hydrogens (primary N) is 1. The third kappa shape index (κ3) is 2.79. The lowest BCUT2D eigenvalue weighted by Crippen LogP contribution is -2.18. The zero-order chi connectivity index (χ0) is 12.4. The molecule has 0 aliphatic rings. The Morgan fingerprint density at radius 2 is 2.24 bits per heavy atom. The third-order valence-corrected chi connectivity index (χ3v) is 3.00. The molecule has 90 valence electrons. The van der Waals surface area contributed by atoms with Crippen molar-refractivity contribution in [2.75, 3.05) is 17.7 Å². The summed E-state index contributed by atoms with van der Waals surface area (Å²) >= 11 is 3.46.